The monoisotopic (exact) mass is 353 g/mol. The first-order valence-electron chi connectivity index (χ1n) is 7.38. The summed E-state index contributed by atoms with van der Waals surface area (Å²) in [5, 5.41) is 2.53. The molecule has 4 nitrogen and oxygen atoms in total. The van der Waals surface area contributed by atoms with E-state index in [0.29, 0.717) is 6.42 Å². The van der Waals surface area contributed by atoms with Crippen LogP contribution in [0.2, 0.25) is 0 Å². The lowest BCUT2D eigenvalue weighted by atomic mass is 10.1. The number of hydrogen-bond donors (Lipinski definition) is 1. The Morgan fingerprint density at radius 1 is 1.08 bits per heavy atom. The van der Waals surface area contributed by atoms with E-state index in [1.165, 1.54) is 19.1 Å². The van der Waals surface area contributed by atoms with Crippen LogP contribution in [0.15, 0.2) is 47.4 Å². The van der Waals surface area contributed by atoms with Crippen molar-refractivity contribution in [1.82, 2.24) is 5.32 Å². The molecule has 24 heavy (non-hydrogen) atoms. The van der Waals surface area contributed by atoms with Crippen LogP contribution in [0.3, 0.4) is 0 Å². The van der Waals surface area contributed by atoms with Crippen LogP contribution < -0.4 is 5.32 Å². The van der Waals surface area contributed by atoms with Gasteiger partial charge in [-0.25, -0.2) is 17.2 Å². The predicted molar refractivity (Wildman–Crippen MR) is 86.6 cm³/mol. The second-order valence-corrected chi connectivity index (χ2v) is 7.46. The highest BCUT2D eigenvalue weighted by atomic mass is 32.2. The summed E-state index contributed by atoms with van der Waals surface area (Å²) in [6.07, 6.45) is 0.445. The number of sulfone groups is 1. The molecule has 0 aliphatic rings. The van der Waals surface area contributed by atoms with E-state index in [1.54, 1.807) is 12.1 Å². The average Bonchev–Trinajstić information content (AvgIpc) is 2.56. The van der Waals surface area contributed by atoms with E-state index >= 15 is 0 Å². The van der Waals surface area contributed by atoms with Crippen LogP contribution in [0.25, 0.3) is 0 Å². The summed E-state index contributed by atoms with van der Waals surface area (Å²) in [7, 11) is -3.52. The van der Waals surface area contributed by atoms with Gasteiger partial charge < -0.3 is 5.32 Å². The van der Waals surface area contributed by atoms with Crippen LogP contribution in [-0.4, -0.2) is 26.6 Å². The topological polar surface area (TPSA) is 63.2 Å². The normalized spacial score (nSPS) is 11.3. The Labute approximate surface area is 139 Å². The Kier molecular flexibility index (Phi) is 5.66. The van der Waals surface area contributed by atoms with Gasteiger partial charge >= 0.3 is 0 Å². The van der Waals surface area contributed by atoms with Crippen LogP contribution in [-0.2, 0) is 16.3 Å². The van der Waals surface area contributed by atoms with E-state index in [-0.39, 0.29) is 28.6 Å². The van der Waals surface area contributed by atoms with Crippen molar-refractivity contribution in [3.8, 4) is 0 Å². The Balaban J connectivity index is 2.06. The Morgan fingerprint density at radius 3 is 2.38 bits per heavy atom. The van der Waals surface area contributed by atoms with Crippen LogP contribution in [0.1, 0.15) is 22.8 Å². The number of rotatable bonds is 6. The molecule has 0 spiro atoms. The molecule has 0 heterocycles. The van der Waals surface area contributed by atoms with Crippen molar-refractivity contribution in [3.05, 3.63) is 65.2 Å². The molecule has 2 aromatic rings. The van der Waals surface area contributed by atoms with E-state index in [9.17, 15) is 22.0 Å². The molecule has 2 rings (SSSR count). The highest BCUT2D eigenvalue weighted by Gasteiger charge is 2.18. The first kappa shape index (κ1) is 18.1. The van der Waals surface area contributed by atoms with Crippen LogP contribution in [0.4, 0.5) is 8.78 Å². The van der Waals surface area contributed by atoms with Gasteiger partial charge in [-0.05, 0) is 42.3 Å². The van der Waals surface area contributed by atoms with Gasteiger partial charge in [-0.1, -0.05) is 19.1 Å². The highest BCUT2D eigenvalue weighted by Crippen LogP contribution is 2.16. The molecule has 0 radical (unpaired) electrons. The third-order valence-corrected chi connectivity index (χ3v) is 5.27. The minimum Gasteiger partial charge on any atom is -0.352 e. The summed E-state index contributed by atoms with van der Waals surface area (Å²) < 4.78 is 50.3. The molecule has 0 saturated carbocycles. The summed E-state index contributed by atoms with van der Waals surface area (Å²) >= 11 is 0. The minimum atomic E-state index is -3.52. The highest BCUT2D eigenvalue weighted by molar-refractivity contribution is 7.91. The van der Waals surface area contributed by atoms with Crippen molar-refractivity contribution in [2.75, 3.05) is 12.3 Å². The van der Waals surface area contributed by atoms with Crippen molar-refractivity contribution in [2.24, 2.45) is 0 Å². The Morgan fingerprint density at radius 2 is 1.75 bits per heavy atom. The van der Waals surface area contributed by atoms with Gasteiger partial charge in [-0.15, -0.1) is 0 Å². The third-order valence-electron chi connectivity index (χ3n) is 3.53. The quantitative estimate of drug-likeness (QED) is 0.812. The van der Waals surface area contributed by atoms with Crippen LogP contribution in [0, 0.1) is 11.6 Å². The lowest BCUT2D eigenvalue weighted by Crippen LogP contribution is -2.27. The van der Waals surface area contributed by atoms with Crippen molar-refractivity contribution >= 4 is 15.7 Å². The molecule has 1 N–H and O–H groups in total. The standard InChI is InChI=1S/C17H17F2NO3S/c1-2-24(22,23)14-7-8-16(19)15(11-14)17(21)20-10-9-12-3-5-13(18)6-4-12/h3-8,11H,2,9-10H2,1H3,(H,20,21). The molecule has 0 aromatic heterocycles. The van der Waals surface area contributed by atoms with E-state index in [4.69, 9.17) is 0 Å². The molecular weight excluding hydrogens is 336 g/mol. The minimum absolute atomic E-state index is 0.0879. The van der Waals surface area contributed by atoms with Crippen molar-refractivity contribution in [3.63, 3.8) is 0 Å². The maximum Gasteiger partial charge on any atom is 0.254 e. The van der Waals surface area contributed by atoms with Crippen LogP contribution in [0.5, 0.6) is 0 Å². The average molecular weight is 353 g/mol. The summed E-state index contributed by atoms with van der Waals surface area (Å²) in [5.41, 5.74) is 0.503. The lowest BCUT2D eigenvalue weighted by Gasteiger charge is -2.08. The maximum absolute atomic E-state index is 13.8. The van der Waals surface area contributed by atoms with Gasteiger partial charge in [0, 0.05) is 6.54 Å². The number of nitrogens with one attached hydrogen (secondary N) is 1. The number of benzene rings is 2. The van der Waals surface area contributed by atoms with Gasteiger partial charge in [-0.2, -0.15) is 0 Å². The van der Waals surface area contributed by atoms with Gasteiger partial charge in [-0.3, -0.25) is 4.79 Å². The zero-order chi connectivity index (χ0) is 17.7. The molecule has 0 aliphatic heterocycles. The molecule has 0 unspecified atom stereocenters. The zero-order valence-corrected chi connectivity index (χ0v) is 13.9. The van der Waals surface area contributed by atoms with E-state index in [0.717, 1.165) is 23.8 Å². The summed E-state index contributed by atoms with van der Waals surface area (Å²) in [6.45, 7) is 1.69. The molecule has 0 saturated heterocycles. The fourth-order valence-electron chi connectivity index (χ4n) is 2.11. The molecule has 0 aliphatic carbocycles. The number of hydrogen-bond acceptors (Lipinski definition) is 3. The summed E-state index contributed by atoms with van der Waals surface area (Å²) in [5.74, 6) is -1.96. The van der Waals surface area contributed by atoms with Gasteiger partial charge in [0.05, 0.1) is 16.2 Å². The Bertz CT molecular complexity index is 833. The number of amides is 1. The molecule has 2 aromatic carbocycles. The van der Waals surface area contributed by atoms with Crippen molar-refractivity contribution in [2.45, 2.75) is 18.2 Å². The van der Waals surface area contributed by atoms with Gasteiger partial charge in [0.15, 0.2) is 9.84 Å². The van der Waals surface area contributed by atoms with Crippen LogP contribution >= 0.6 is 0 Å². The second-order valence-electron chi connectivity index (χ2n) is 5.18. The van der Waals surface area contributed by atoms with E-state index < -0.39 is 21.6 Å². The van der Waals surface area contributed by atoms with Gasteiger partial charge in [0.2, 0.25) is 0 Å². The molecular formula is C17H17F2NO3S. The van der Waals surface area contributed by atoms with Gasteiger partial charge in [0.1, 0.15) is 11.6 Å². The molecule has 0 fully saturated rings. The Hall–Kier alpha value is -2.28. The van der Waals surface area contributed by atoms with E-state index in [1.807, 2.05) is 0 Å². The number of carbonyl (C=O) groups is 1. The van der Waals surface area contributed by atoms with Gasteiger partial charge in [0.25, 0.3) is 5.91 Å². The maximum atomic E-state index is 13.8. The number of halogens is 2. The zero-order valence-electron chi connectivity index (χ0n) is 13.1. The molecule has 0 bridgehead atoms. The molecule has 1 amide bonds. The van der Waals surface area contributed by atoms with Crippen molar-refractivity contribution in [1.29, 1.82) is 0 Å². The fourth-order valence-corrected chi connectivity index (χ4v) is 3.01. The van der Waals surface area contributed by atoms with E-state index in [2.05, 4.69) is 5.32 Å². The largest absolute Gasteiger partial charge is 0.352 e. The predicted octanol–water partition coefficient (Wildman–Crippen LogP) is 2.73. The van der Waals surface area contributed by atoms with Crippen molar-refractivity contribution < 1.29 is 22.0 Å². The first-order valence-corrected chi connectivity index (χ1v) is 9.03. The number of carbonyl (C=O) groups excluding carboxylic acids is 1. The SMILES string of the molecule is CCS(=O)(=O)c1ccc(F)c(C(=O)NCCc2ccc(F)cc2)c1. The smallest absolute Gasteiger partial charge is 0.254 e. The summed E-state index contributed by atoms with van der Waals surface area (Å²) in [6, 6.07) is 8.97. The lowest BCUT2D eigenvalue weighted by molar-refractivity contribution is 0.0950. The third kappa shape index (κ3) is 4.38. The molecule has 7 heteroatoms. The fraction of sp³-hybridized carbons (Fsp3) is 0.235. The second kappa shape index (κ2) is 7.53. The summed E-state index contributed by atoms with van der Waals surface area (Å²) in [4.78, 5) is 12.0. The molecule has 128 valence electrons. The first-order chi connectivity index (χ1) is 11.3. The molecule has 0 atom stereocenters.